The van der Waals surface area contributed by atoms with Gasteiger partial charge < -0.3 is 20.5 Å². The van der Waals surface area contributed by atoms with Crippen LogP contribution in [0.4, 0.5) is 0 Å². The van der Waals surface area contributed by atoms with Crippen LogP contribution in [0.3, 0.4) is 0 Å². The van der Waals surface area contributed by atoms with Gasteiger partial charge in [0.2, 0.25) is 0 Å². The summed E-state index contributed by atoms with van der Waals surface area (Å²) in [5, 5.41) is 16.4. The number of hydrogen-bond donors (Lipinski definition) is 3. The van der Waals surface area contributed by atoms with Crippen molar-refractivity contribution in [3.05, 3.63) is 15.6 Å². The summed E-state index contributed by atoms with van der Waals surface area (Å²) in [5.41, 5.74) is 0.679. The number of aliphatic imine (C=N–C) groups is 1. The van der Waals surface area contributed by atoms with E-state index >= 15 is 0 Å². The first kappa shape index (κ1) is 24.1. The van der Waals surface area contributed by atoms with Crippen molar-refractivity contribution in [2.75, 3.05) is 26.3 Å². The van der Waals surface area contributed by atoms with Crippen molar-refractivity contribution in [1.82, 2.24) is 15.6 Å². The number of carbonyl (C=O) groups is 1. The van der Waals surface area contributed by atoms with E-state index in [1.165, 1.54) is 11.3 Å². The fourth-order valence-corrected chi connectivity index (χ4v) is 2.84. The molecule has 25 heavy (non-hydrogen) atoms. The SMILES string of the molecule is CCNC(=NCC(C)CO)NC(C)c1nc(C)c(C(=O)OCC)s1.I. The number of esters is 1. The molecule has 7 nitrogen and oxygen atoms in total. The Hall–Kier alpha value is -0.940. The number of thiazole rings is 1. The van der Waals surface area contributed by atoms with Crippen LogP contribution in [-0.2, 0) is 4.74 Å². The fraction of sp³-hybridized carbons (Fsp3) is 0.688. The second-order valence-corrected chi connectivity index (χ2v) is 6.59. The summed E-state index contributed by atoms with van der Waals surface area (Å²) < 4.78 is 5.05. The Kier molecular flexibility index (Phi) is 12.0. The lowest BCUT2D eigenvalue weighted by molar-refractivity contribution is 0.0531. The number of ether oxygens (including phenoxy) is 1. The highest BCUT2D eigenvalue weighted by Crippen LogP contribution is 2.24. The number of aliphatic hydroxyl groups is 1. The van der Waals surface area contributed by atoms with E-state index in [1.807, 2.05) is 20.8 Å². The quantitative estimate of drug-likeness (QED) is 0.227. The van der Waals surface area contributed by atoms with Crippen LogP contribution in [-0.4, -0.2) is 48.3 Å². The molecule has 9 heteroatoms. The zero-order chi connectivity index (χ0) is 18.1. The molecule has 0 spiro atoms. The molecule has 0 fully saturated rings. The van der Waals surface area contributed by atoms with E-state index in [0.717, 1.165) is 11.6 Å². The second-order valence-electron chi connectivity index (χ2n) is 5.56. The molecule has 0 saturated heterocycles. The minimum atomic E-state index is -0.330. The van der Waals surface area contributed by atoms with E-state index in [-0.39, 0.29) is 48.5 Å². The van der Waals surface area contributed by atoms with Crippen molar-refractivity contribution in [2.45, 2.75) is 40.7 Å². The van der Waals surface area contributed by atoms with Crippen LogP contribution in [0.15, 0.2) is 4.99 Å². The average molecular weight is 484 g/mol. The summed E-state index contributed by atoms with van der Waals surface area (Å²) in [4.78, 5) is 21.4. The Morgan fingerprint density at radius 1 is 1.40 bits per heavy atom. The number of halogens is 1. The van der Waals surface area contributed by atoms with Crippen LogP contribution in [0, 0.1) is 12.8 Å². The minimum Gasteiger partial charge on any atom is -0.462 e. The normalized spacial score (nSPS) is 13.6. The number of nitrogens with one attached hydrogen (secondary N) is 2. The molecule has 0 aliphatic rings. The first-order valence-electron chi connectivity index (χ1n) is 8.22. The highest BCUT2D eigenvalue weighted by molar-refractivity contribution is 14.0. The molecule has 0 aliphatic carbocycles. The number of aryl methyl sites for hydroxylation is 1. The lowest BCUT2D eigenvalue weighted by Crippen LogP contribution is -2.39. The maximum absolute atomic E-state index is 11.9. The van der Waals surface area contributed by atoms with Gasteiger partial charge in [0.1, 0.15) is 9.88 Å². The molecule has 3 N–H and O–H groups in total. The lowest BCUT2D eigenvalue weighted by Gasteiger charge is -2.16. The number of hydrogen-bond acceptors (Lipinski definition) is 6. The van der Waals surface area contributed by atoms with Crippen LogP contribution >= 0.6 is 35.3 Å². The smallest absolute Gasteiger partial charge is 0.350 e. The van der Waals surface area contributed by atoms with Gasteiger partial charge in [-0.15, -0.1) is 35.3 Å². The van der Waals surface area contributed by atoms with Gasteiger partial charge >= 0.3 is 5.97 Å². The monoisotopic (exact) mass is 484 g/mol. The molecule has 0 bridgehead atoms. The first-order valence-corrected chi connectivity index (χ1v) is 9.04. The van der Waals surface area contributed by atoms with Gasteiger partial charge in [0, 0.05) is 19.7 Å². The second kappa shape index (κ2) is 12.4. The standard InChI is InChI=1S/C16H28N4O3S.HI/c1-6-17-16(18-8-10(3)9-21)20-12(5)14-19-11(4)13(24-14)15(22)23-7-2;/h10,12,21H,6-9H2,1-5H3,(H2,17,18,20);1H. The minimum absolute atomic E-state index is 0. The number of aliphatic hydroxyl groups excluding tert-OH is 1. The van der Waals surface area contributed by atoms with Gasteiger partial charge in [0.05, 0.1) is 18.3 Å². The third kappa shape index (κ3) is 7.87. The number of rotatable bonds is 8. The van der Waals surface area contributed by atoms with Gasteiger partial charge in [-0.05, 0) is 33.6 Å². The number of carbonyl (C=O) groups excluding carboxylic acids is 1. The molecular formula is C16H29IN4O3S. The molecule has 144 valence electrons. The first-order chi connectivity index (χ1) is 11.4. The maximum Gasteiger partial charge on any atom is 0.350 e. The van der Waals surface area contributed by atoms with Crippen molar-refractivity contribution < 1.29 is 14.6 Å². The van der Waals surface area contributed by atoms with Gasteiger partial charge in [-0.1, -0.05) is 6.92 Å². The maximum atomic E-state index is 11.9. The van der Waals surface area contributed by atoms with E-state index < -0.39 is 0 Å². The van der Waals surface area contributed by atoms with E-state index in [1.54, 1.807) is 13.8 Å². The predicted octanol–water partition coefficient (Wildman–Crippen LogP) is 2.49. The molecule has 1 rings (SSSR count). The molecule has 0 amide bonds. The molecule has 2 unspecified atom stereocenters. The summed E-state index contributed by atoms with van der Waals surface area (Å²) in [6, 6.07) is -0.0980. The van der Waals surface area contributed by atoms with E-state index in [9.17, 15) is 4.79 Å². The summed E-state index contributed by atoms with van der Waals surface area (Å²) in [6.07, 6.45) is 0. The van der Waals surface area contributed by atoms with Gasteiger partial charge in [0.25, 0.3) is 0 Å². The van der Waals surface area contributed by atoms with Crippen LogP contribution in [0.2, 0.25) is 0 Å². The Morgan fingerprint density at radius 3 is 2.64 bits per heavy atom. The molecule has 1 heterocycles. The number of aromatic nitrogens is 1. The molecule has 2 atom stereocenters. The molecule has 0 radical (unpaired) electrons. The zero-order valence-electron chi connectivity index (χ0n) is 15.5. The third-order valence-corrected chi connectivity index (χ3v) is 4.53. The highest BCUT2D eigenvalue weighted by atomic mass is 127. The summed E-state index contributed by atoms with van der Waals surface area (Å²) >= 11 is 1.33. The largest absolute Gasteiger partial charge is 0.462 e. The number of nitrogens with zero attached hydrogens (tertiary/aromatic N) is 2. The van der Waals surface area contributed by atoms with Gasteiger partial charge in [0.15, 0.2) is 5.96 Å². The van der Waals surface area contributed by atoms with E-state index in [0.29, 0.717) is 29.7 Å². The Labute approximate surface area is 170 Å². The predicted molar refractivity (Wildman–Crippen MR) is 112 cm³/mol. The van der Waals surface area contributed by atoms with Crippen LogP contribution < -0.4 is 10.6 Å². The van der Waals surface area contributed by atoms with E-state index in [2.05, 4.69) is 20.6 Å². The molecular weight excluding hydrogens is 455 g/mol. The summed E-state index contributed by atoms with van der Waals surface area (Å²) in [5.74, 6) is 0.437. The summed E-state index contributed by atoms with van der Waals surface area (Å²) in [7, 11) is 0. The van der Waals surface area contributed by atoms with Gasteiger partial charge in [-0.2, -0.15) is 0 Å². The molecule has 0 saturated carbocycles. The van der Waals surface area contributed by atoms with Crippen LogP contribution in [0.5, 0.6) is 0 Å². The van der Waals surface area contributed by atoms with Crippen molar-refractivity contribution in [2.24, 2.45) is 10.9 Å². The topological polar surface area (TPSA) is 95.8 Å². The lowest BCUT2D eigenvalue weighted by atomic mass is 10.2. The Morgan fingerprint density at radius 2 is 2.08 bits per heavy atom. The third-order valence-electron chi connectivity index (χ3n) is 3.21. The van der Waals surface area contributed by atoms with Crippen molar-refractivity contribution in [3.63, 3.8) is 0 Å². The highest BCUT2D eigenvalue weighted by Gasteiger charge is 2.20. The Bertz CT molecular complexity index is 566. The van der Waals surface area contributed by atoms with Gasteiger partial charge in [-0.3, -0.25) is 4.99 Å². The van der Waals surface area contributed by atoms with Crippen LogP contribution in [0.1, 0.15) is 54.1 Å². The zero-order valence-corrected chi connectivity index (χ0v) is 18.6. The van der Waals surface area contributed by atoms with Crippen molar-refractivity contribution in [3.8, 4) is 0 Å². The molecule has 0 aromatic carbocycles. The van der Waals surface area contributed by atoms with Crippen molar-refractivity contribution >= 4 is 47.2 Å². The van der Waals surface area contributed by atoms with E-state index in [4.69, 9.17) is 9.84 Å². The summed E-state index contributed by atoms with van der Waals surface area (Å²) in [6.45, 7) is 11.2. The molecule has 0 aliphatic heterocycles. The average Bonchev–Trinajstić information content (AvgIpc) is 2.94. The van der Waals surface area contributed by atoms with Gasteiger partial charge in [-0.25, -0.2) is 9.78 Å². The van der Waals surface area contributed by atoms with Crippen LogP contribution in [0.25, 0.3) is 0 Å². The fourth-order valence-electron chi connectivity index (χ4n) is 1.88. The molecule has 1 aromatic rings. The number of guanidine groups is 1. The molecule has 1 aromatic heterocycles. The Balaban J connectivity index is 0.00000576. The van der Waals surface area contributed by atoms with Crippen molar-refractivity contribution in [1.29, 1.82) is 0 Å².